The standard InChI is InChI=1S/C22H31N5OS/c1-14-12-15(2)19(16(3)13-14)23-20(28)17(4)29-22-25-24-21(27(22)18-8-9-18)26-10-6-5-7-11-26/h12-13,17-18H,5-11H2,1-4H3,(H,23,28). The Labute approximate surface area is 177 Å². The maximum atomic E-state index is 12.9. The van der Waals surface area contributed by atoms with Gasteiger partial charge in [-0.05, 0) is 70.9 Å². The molecule has 29 heavy (non-hydrogen) atoms. The predicted octanol–water partition coefficient (Wildman–Crippen LogP) is 4.65. The van der Waals surface area contributed by atoms with Crippen molar-refractivity contribution in [1.82, 2.24) is 14.8 Å². The first-order valence-electron chi connectivity index (χ1n) is 10.7. The minimum absolute atomic E-state index is 0.00919. The molecule has 2 aromatic rings. The van der Waals surface area contributed by atoms with Crippen LogP contribution in [0.15, 0.2) is 17.3 Å². The molecule has 1 saturated carbocycles. The van der Waals surface area contributed by atoms with Crippen molar-refractivity contribution in [3.8, 4) is 0 Å². The highest BCUT2D eigenvalue weighted by molar-refractivity contribution is 8.00. The highest BCUT2D eigenvalue weighted by Crippen LogP contribution is 2.42. The minimum atomic E-state index is -0.244. The summed E-state index contributed by atoms with van der Waals surface area (Å²) in [5.41, 5.74) is 4.33. The van der Waals surface area contributed by atoms with Crippen LogP contribution < -0.4 is 10.2 Å². The van der Waals surface area contributed by atoms with Gasteiger partial charge in [0.2, 0.25) is 11.9 Å². The molecule has 1 aromatic carbocycles. The summed E-state index contributed by atoms with van der Waals surface area (Å²) in [6.45, 7) is 10.2. The second-order valence-corrected chi connectivity index (χ2v) is 9.76. The van der Waals surface area contributed by atoms with Crippen LogP contribution in [-0.2, 0) is 4.79 Å². The van der Waals surface area contributed by atoms with Crippen molar-refractivity contribution in [3.63, 3.8) is 0 Å². The van der Waals surface area contributed by atoms with Gasteiger partial charge in [-0.25, -0.2) is 0 Å². The molecule has 0 bridgehead atoms. The normalized spacial score (nSPS) is 18.0. The first kappa shape index (κ1) is 20.3. The van der Waals surface area contributed by atoms with Crippen LogP contribution in [0.25, 0.3) is 0 Å². The number of carbonyl (C=O) groups is 1. The number of hydrogen-bond acceptors (Lipinski definition) is 5. The Hall–Kier alpha value is -2.02. The second-order valence-electron chi connectivity index (χ2n) is 8.45. The highest BCUT2D eigenvalue weighted by Gasteiger charge is 2.33. The Morgan fingerprint density at radius 2 is 1.76 bits per heavy atom. The molecule has 7 heteroatoms. The number of carbonyl (C=O) groups excluding carboxylic acids is 1. The zero-order valence-corrected chi connectivity index (χ0v) is 18.7. The number of nitrogens with one attached hydrogen (secondary N) is 1. The maximum Gasteiger partial charge on any atom is 0.237 e. The summed E-state index contributed by atoms with van der Waals surface area (Å²) in [6, 6.07) is 4.70. The van der Waals surface area contributed by atoms with Gasteiger partial charge in [-0.1, -0.05) is 29.5 Å². The SMILES string of the molecule is Cc1cc(C)c(NC(=O)C(C)Sc2nnc(N3CCCCC3)n2C2CC2)c(C)c1. The van der Waals surface area contributed by atoms with E-state index in [1.807, 2.05) is 20.8 Å². The zero-order valence-electron chi connectivity index (χ0n) is 17.9. The lowest BCUT2D eigenvalue weighted by molar-refractivity contribution is -0.115. The van der Waals surface area contributed by atoms with E-state index >= 15 is 0 Å². The van der Waals surface area contributed by atoms with Gasteiger partial charge in [0.15, 0.2) is 5.16 Å². The summed E-state index contributed by atoms with van der Waals surface area (Å²) in [7, 11) is 0. The van der Waals surface area contributed by atoms with Crippen LogP contribution in [0.5, 0.6) is 0 Å². The number of nitrogens with zero attached hydrogens (tertiary/aromatic N) is 4. The number of piperidine rings is 1. The number of amides is 1. The van der Waals surface area contributed by atoms with Gasteiger partial charge in [0, 0.05) is 24.8 Å². The summed E-state index contributed by atoms with van der Waals surface area (Å²) in [6.07, 6.45) is 6.08. The average molecular weight is 414 g/mol. The molecule has 156 valence electrons. The third-order valence-electron chi connectivity index (χ3n) is 5.77. The number of benzene rings is 1. The van der Waals surface area contributed by atoms with Gasteiger partial charge < -0.3 is 10.2 Å². The molecule has 2 heterocycles. The van der Waals surface area contributed by atoms with Gasteiger partial charge >= 0.3 is 0 Å². The van der Waals surface area contributed by atoms with Gasteiger partial charge in [-0.15, -0.1) is 10.2 Å². The Balaban J connectivity index is 1.49. The van der Waals surface area contributed by atoms with E-state index in [1.54, 1.807) is 0 Å². The summed E-state index contributed by atoms with van der Waals surface area (Å²) < 4.78 is 2.28. The Morgan fingerprint density at radius 3 is 2.38 bits per heavy atom. The molecule has 6 nitrogen and oxygen atoms in total. The Kier molecular flexibility index (Phi) is 5.86. The van der Waals surface area contributed by atoms with Crippen LogP contribution >= 0.6 is 11.8 Å². The van der Waals surface area contributed by atoms with Crippen molar-refractivity contribution in [2.75, 3.05) is 23.3 Å². The van der Waals surface area contributed by atoms with E-state index in [0.717, 1.165) is 41.0 Å². The molecule has 1 aliphatic carbocycles. The molecule has 1 atom stereocenters. The average Bonchev–Trinajstić information content (AvgIpc) is 3.45. The van der Waals surface area contributed by atoms with Crippen molar-refractivity contribution in [2.24, 2.45) is 0 Å². The van der Waals surface area contributed by atoms with E-state index < -0.39 is 0 Å². The van der Waals surface area contributed by atoms with Crippen molar-refractivity contribution in [3.05, 3.63) is 28.8 Å². The lowest BCUT2D eigenvalue weighted by atomic mass is 10.1. The molecule has 1 saturated heterocycles. The fraction of sp³-hybridized carbons (Fsp3) is 0.591. The van der Waals surface area contributed by atoms with Gasteiger partial charge in [0.25, 0.3) is 0 Å². The topological polar surface area (TPSA) is 63.1 Å². The third kappa shape index (κ3) is 4.44. The van der Waals surface area contributed by atoms with Crippen LogP contribution in [0.2, 0.25) is 0 Å². The van der Waals surface area contributed by atoms with Crippen molar-refractivity contribution < 1.29 is 4.79 Å². The molecule has 1 aliphatic heterocycles. The van der Waals surface area contributed by atoms with Crippen LogP contribution in [0.4, 0.5) is 11.6 Å². The quantitative estimate of drug-likeness (QED) is 0.699. The van der Waals surface area contributed by atoms with Gasteiger partial charge in [-0.3, -0.25) is 9.36 Å². The van der Waals surface area contributed by atoms with Crippen molar-refractivity contribution >= 4 is 29.3 Å². The smallest absolute Gasteiger partial charge is 0.237 e. The molecule has 0 radical (unpaired) electrons. The Morgan fingerprint density at radius 1 is 1.10 bits per heavy atom. The van der Waals surface area contributed by atoms with E-state index in [0.29, 0.717) is 6.04 Å². The lowest BCUT2D eigenvalue weighted by Gasteiger charge is -2.28. The zero-order chi connectivity index (χ0) is 20.5. The predicted molar refractivity (Wildman–Crippen MR) is 119 cm³/mol. The van der Waals surface area contributed by atoms with E-state index in [4.69, 9.17) is 0 Å². The summed E-state index contributed by atoms with van der Waals surface area (Å²) in [5, 5.41) is 12.8. The molecular weight excluding hydrogens is 382 g/mol. The summed E-state index contributed by atoms with van der Waals surface area (Å²) in [5.74, 6) is 1.00. The molecule has 4 rings (SSSR count). The molecule has 1 unspecified atom stereocenters. The molecule has 1 N–H and O–H groups in total. The molecule has 2 aliphatic rings. The fourth-order valence-corrected chi connectivity index (χ4v) is 5.04. The first-order chi connectivity index (χ1) is 13.9. The van der Waals surface area contributed by atoms with Crippen LogP contribution in [0, 0.1) is 20.8 Å². The molecular formula is C22H31N5OS. The highest BCUT2D eigenvalue weighted by atomic mass is 32.2. The van der Waals surface area contributed by atoms with Crippen LogP contribution in [-0.4, -0.2) is 39.0 Å². The third-order valence-corrected chi connectivity index (χ3v) is 6.83. The maximum absolute atomic E-state index is 12.9. The Bertz CT molecular complexity index is 876. The van der Waals surface area contributed by atoms with Gasteiger partial charge in [0.05, 0.1) is 5.25 Å². The number of rotatable bonds is 6. The molecule has 2 fully saturated rings. The summed E-state index contributed by atoms with van der Waals surface area (Å²) in [4.78, 5) is 15.3. The second kappa shape index (κ2) is 8.38. The lowest BCUT2D eigenvalue weighted by Crippen LogP contribution is -2.32. The van der Waals surface area contributed by atoms with Crippen molar-refractivity contribution in [1.29, 1.82) is 0 Å². The number of hydrogen-bond donors (Lipinski definition) is 1. The molecule has 1 aromatic heterocycles. The van der Waals surface area contributed by atoms with Gasteiger partial charge in [-0.2, -0.15) is 0 Å². The molecule has 0 spiro atoms. The number of aryl methyl sites for hydroxylation is 3. The van der Waals surface area contributed by atoms with E-state index in [1.165, 1.54) is 49.4 Å². The van der Waals surface area contributed by atoms with Gasteiger partial charge in [0.1, 0.15) is 0 Å². The van der Waals surface area contributed by atoms with Crippen LogP contribution in [0.1, 0.15) is 61.8 Å². The minimum Gasteiger partial charge on any atom is -0.341 e. The van der Waals surface area contributed by atoms with Crippen molar-refractivity contribution in [2.45, 2.75) is 76.2 Å². The molecule has 1 amide bonds. The number of anilines is 2. The first-order valence-corrected chi connectivity index (χ1v) is 11.6. The van der Waals surface area contributed by atoms with E-state index in [2.05, 4.69) is 44.0 Å². The fourth-order valence-electron chi connectivity index (χ4n) is 4.13. The van der Waals surface area contributed by atoms with Crippen LogP contribution in [0.3, 0.4) is 0 Å². The van der Waals surface area contributed by atoms with E-state index in [9.17, 15) is 4.79 Å². The summed E-state index contributed by atoms with van der Waals surface area (Å²) >= 11 is 1.52. The largest absolute Gasteiger partial charge is 0.341 e. The van der Waals surface area contributed by atoms with E-state index in [-0.39, 0.29) is 11.2 Å². The number of thioether (sulfide) groups is 1. The monoisotopic (exact) mass is 413 g/mol. The number of aromatic nitrogens is 3.